The fourth-order valence-corrected chi connectivity index (χ4v) is 1.09. The van der Waals surface area contributed by atoms with Crippen LogP contribution >= 0.6 is 0 Å². The number of nitrogen functional groups attached to an aromatic ring is 1. The molecule has 4 nitrogen and oxygen atoms in total. The maximum absolute atomic E-state index is 5.09. The summed E-state index contributed by atoms with van der Waals surface area (Å²) in [6.45, 7) is 6.00. The molecule has 2 rings (SSSR count). The Bertz CT molecular complexity index is 413. The first kappa shape index (κ1) is 13.1. The van der Waals surface area contributed by atoms with Crippen LogP contribution in [0.15, 0.2) is 36.7 Å². The first-order valence-electron chi connectivity index (χ1n) is 5.40. The number of aryl methyl sites for hydroxylation is 3. The van der Waals surface area contributed by atoms with E-state index in [4.69, 9.17) is 5.84 Å². The number of nitrogens with zero attached hydrogens (tertiary/aromatic N) is 2. The van der Waals surface area contributed by atoms with Crippen molar-refractivity contribution in [2.45, 2.75) is 20.8 Å². The summed E-state index contributed by atoms with van der Waals surface area (Å²) in [6, 6.07) is 7.84. The van der Waals surface area contributed by atoms with Crippen molar-refractivity contribution in [3.05, 3.63) is 53.5 Å². The van der Waals surface area contributed by atoms with Gasteiger partial charge in [-0.3, -0.25) is 4.98 Å². The molecule has 2 heterocycles. The fourth-order valence-electron chi connectivity index (χ4n) is 1.09. The minimum absolute atomic E-state index is 0.695. The zero-order valence-electron chi connectivity index (χ0n) is 10.4. The van der Waals surface area contributed by atoms with Crippen LogP contribution in [0.4, 0.5) is 5.82 Å². The van der Waals surface area contributed by atoms with Gasteiger partial charge in [-0.2, -0.15) is 0 Å². The molecule has 0 aromatic carbocycles. The van der Waals surface area contributed by atoms with Gasteiger partial charge in [-0.1, -0.05) is 12.1 Å². The second-order valence-corrected chi connectivity index (χ2v) is 3.84. The van der Waals surface area contributed by atoms with E-state index in [1.807, 2.05) is 45.2 Å². The Morgan fingerprint density at radius 1 is 0.882 bits per heavy atom. The van der Waals surface area contributed by atoms with Crippen molar-refractivity contribution in [3.8, 4) is 0 Å². The fraction of sp³-hybridized carbons (Fsp3) is 0.231. The third-order valence-corrected chi connectivity index (χ3v) is 2.12. The van der Waals surface area contributed by atoms with E-state index in [-0.39, 0.29) is 0 Å². The van der Waals surface area contributed by atoms with Gasteiger partial charge in [-0.25, -0.2) is 10.8 Å². The Morgan fingerprint density at radius 2 is 1.47 bits per heavy atom. The number of pyridine rings is 2. The van der Waals surface area contributed by atoms with E-state index in [1.165, 1.54) is 5.56 Å². The molecular weight excluding hydrogens is 212 g/mol. The third kappa shape index (κ3) is 5.08. The van der Waals surface area contributed by atoms with Crippen LogP contribution in [0.3, 0.4) is 0 Å². The van der Waals surface area contributed by atoms with Crippen molar-refractivity contribution >= 4 is 5.82 Å². The monoisotopic (exact) mass is 230 g/mol. The van der Waals surface area contributed by atoms with Crippen LogP contribution in [0.25, 0.3) is 0 Å². The van der Waals surface area contributed by atoms with Crippen LogP contribution in [0.2, 0.25) is 0 Å². The number of nitrogens with one attached hydrogen (secondary N) is 1. The summed E-state index contributed by atoms with van der Waals surface area (Å²) in [6.07, 6.45) is 3.63. The summed E-state index contributed by atoms with van der Waals surface area (Å²) in [4.78, 5) is 8.04. The van der Waals surface area contributed by atoms with Crippen LogP contribution in [0.1, 0.15) is 16.8 Å². The van der Waals surface area contributed by atoms with Gasteiger partial charge in [0.1, 0.15) is 5.82 Å². The predicted molar refractivity (Wildman–Crippen MR) is 70.5 cm³/mol. The number of rotatable bonds is 1. The number of nitrogens with two attached hydrogens (primary N) is 1. The molecule has 17 heavy (non-hydrogen) atoms. The van der Waals surface area contributed by atoms with Gasteiger partial charge in [0.15, 0.2) is 0 Å². The van der Waals surface area contributed by atoms with Gasteiger partial charge in [0, 0.05) is 18.1 Å². The number of hydrazine groups is 1. The van der Waals surface area contributed by atoms with Gasteiger partial charge >= 0.3 is 0 Å². The Hall–Kier alpha value is -1.94. The highest BCUT2D eigenvalue weighted by Crippen LogP contribution is 2.00. The molecule has 0 aliphatic heterocycles. The van der Waals surface area contributed by atoms with Gasteiger partial charge in [0.25, 0.3) is 0 Å². The third-order valence-electron chi connectivity index (χ3n) is 2.12. The van der Waals surface area contributed by atoms with Gasteiger partial charge in [0.2, 0.25) is 0 Å². The van der Waals surface area contributed by atoms with Gasteiger partial charge in [-0.05, 0) is 44.0 Å². The minimum Gasteiger partial charge on any atom is -0.308 e. The van der Waals surface area contributed by atoms with Crippen LogP contribution in [-0.2, 0) is 0 Å². The highest BCUT2D eigenvalue weighted by molar-refractivity contribution is 5.33. The van der Waals surface area contributed by atoms with E-state index in [9.17, 15) is 0 Å². The molecule has 0 saturated heterocycles. The Balaban J connectivity index is 0.000000171. The maximum Gasteiger partial charge on any atom is 0.139 e. The van der Waals surface area contributed by atoms with E-state index in [1.54, 1.807) is 6.20 Å². The van der Waals surface area contributed by atoms with Crippen LogP contribution in [0.5, 0.6) is 0 Å². The van der Waals surface area contributed by atoms with Crippen molar-refractivity contribution in [2.24, 2.45) is 5.84 Å². The van der Waals surface area contributed by atoms with Gasteiger partial charge in [0.05, 0.1) is 0 Å². The average molecular weight is 230 g/mol. The lowest BCUT2D eigenvalue weighted by atomic mass is 10.3. The molecule has 90 valence electrons. The zero-order valence-corrected chi connectivity index (χ0v) is 10.4. The molecule has 2 aromatic heterocycles. The smallest absolute Gasteiger partial charge is 0.139 e. The molecule has 0 unspecified atom stereocenters. The van der Waals surface area contributed by atoms with Crippen molar-refractivity contribution < 1.29 is 0 Å². The van der Waals surface area contributed by atoms with E-state index in [2.05, 4.69) is 21.5 Å². The molecule has 0 fully saturated rings. The summed E-state index contributed by atoms with van der Waals surface area (Å²) in [5.41, 5.74) is 5.87. The molecule has 0 amide bonds. The SMILES string of the molecule is Cc1ccc(C)nc1.Cc1ccc(NN)nc1. The highest BCUT2D eigenvalue weighted by atomic mass is 15.2. The molecule has 0 radical (unpaired) electrons. The lowest BCUT2D eigenvalue weighted by Gasteiger charge is -1.96. The van der Waals surface area contributed by atoms with Crippen molar-refractivity contribution in [3.63, 3.8) is 0 Å². The molecule has 0 bridgehead atoms. The van der Waals surface area contributed by atoms with Crippen molar-refractivity contribution in [1.29, 1.82) is 0 Å². The molecular formula is C13H18N4. The zero-order chi connectivity index (χ0) is 12.7. The molecule has 0 saturated carbocycles. The first-order chi connectivity index (χ1) is 8.11. The normalized spacial score (nSPS) is 9.18. The molecule has 4 heteroatoms. The average Bonchev–Trinajstić information content (AvgIpc) is 2.35. The second-order valence-electron chi connectivity index (χ2n) is 3.84. The lowest BCUT2D eigenvalue weighted by Crippen LogP contribution is -2.07. The van der Waals surface area contributed by atoms with Crippen LogP contribution in [-0.4, -0.2) is 9.97 Å². The quantitative estimate of drug-likeness (QED) is 0.583. The van der Waals surface area contributed by atoms with Crippen LogP contribution < -0.4 is 11.3 Å². The topological polar surface area (TPSA) is 63.8 Å². The summed E-state index contributed by atoms with van der Waals surface area (Å²) in [7, 11) is 0. The summed E-state index contributed by atoms with van der Waals surface area (Å²) >= 11 is 0. The van der Waals surface area contributed by atoms with E-state index >= 15 is 0 Å². The number of hydrogen-bond donors (Lipinski definition) is 2. The van der Waals surface area contributed by atoms with Crippen molar-refractivity contribution in [1.82, 2.24) is 9.97 Å². The second kappa shape index (κ2) is 6.60. The molecule has 0 aliphatic carbocycles. The van der Waals surface area contributed by atoms with Gasteiger partial charge in [-0.15, -0.1) is 0 Å². The summed E-state index contributed by atoms with van der Waals surface area (Å²) in [5, 5.41) is 0. The summed E-state index contributed by atoms with van der Waals surface area (Å²) in [5.74, 6) is 5.78. The standard InChI is InChI=1S/C7H9N.C6H9N3/c1-6-3-4-7(2)8-5-6;1-5-2-3-6(9-7)8-4-5/h3-5H,1-2H3;2-4H,7H2,1H3,(H,8,9). The van der Waals surface area contributed by atoms with E-state index in [0.717, 1.165) is 11.3 Å². The van der Waals surface area contributed by atoms with Crippen LogP contribution in [0, 0.1) is 20.8 Å². The van der Waals surface area contributed by atoms with Gasteiger partial charge < -0.3 is 5.43 Å². The Kier molecular flexibility index (Phi) is 5.10. The Labute approximate surface area is 102 Å². The predicted octanol–water partition coefficient (Wildman–Crippen LogP) is 2.37. The Morgan fingerprint density at radius 3 is 1.82 bits per heavy atom. The number of aromatic nitrogens is 2. The molecule has 0 spiro atoms. The maximum atomic E-state index is 5.09. The first-order valence-corrected chi connectivity index (χ1v) is 5.40. The lowest BCUT2D eigenvalue weighted by molar-refractivity contribution is 1.17. The molecule has 2 aromatic rings. The summed E-state index contributed by atoms with van der Waals surface area (Å²) < 4.78 is 0. The number of hydrogen-bond acceptors (Lipinski definition) is 4. The van der Waals surface area contributed by atoms with E-state index in [0.29, 0.717) is 5.82 Å². The molecule has 3 N–H and O–H groups in total. The molecule has 0 atom stereocenters. The highest BCUT2D eigenvalue weighted by Gasteiger charge is 1.85. The van der Waals surface area contributed by atoms with Crippen molar-refractivity contribution in [2.75, 3.05) is 5.43 Å². The largest absolute Gasteiger partial charge is 0.308 e. The number of anilines is 1. The van der Waals surface area contributed by atoms with E-state index < -0.39 is 0 Å². The molecule has 0 aliphatic rings. The minimum atomic E-state index is 0.695.